The van der Waals surface area contributed by atoms with Gasteiger partial charge in [-0.15, -0.1) is 16.6 Å². The van der Waals surface area contributed by atoms with E-state index in [1.165, 1.54) is 22.7 Å². The highest BCUT2D eigenvalue weighted by Crippen LogP contribution is 2.41. The summed E-state index contributed by atoms with van der Waals surface area (Å²) < 4.78 is 30.9. The number of carboxylic acid groups (broad SMARTS) is 1. The van der Waals surface area contributed by atoms with Gasteiger partial charge in [0.05, 0.1) is 49.5 Å². The number of imide groups is 1. The van der Waals surface area contributed by atoms with Crippen LogP contribution in [-0.4, -0.2) is 99.6 Å². The number of ether oxygens (including phenoxy) is 1. The van der Waals surface area contributed by atoms with E-state index in [2.05, 4.69) is 34.9 Å². The molecule has 2 aromatic rings. The van der Waals surface area contributed by atoms with Gasteiger partial charge in [-0.25, -0.2) is 9.29 Å². The lowest BCUT2D eigenvalue weighted by Crippen LogP contribution is -2.39. The molecule has 296 valence electrons. The van der Waals surface area contributed by atoms with Crippen LogP contribution in [0.15, 0.2) is 33.2 Å². The van der Waals surface area contributed by atoms with Crippen molar-refractivity contribution in [2.24, 2.45) is 0 Å². The van der Waals surface area contributed by atoms with Gasteiger partial charge in [0.2, 0.25) is 5.16 Å². The van der Waals surface area contributed by atoms with Crippen LogP contribution in [0.1, 0.15) is 52.1 Å². The first kappa shape index (κ1) is 45.9. The van der Waals surface area contributed by atoms with E-state index < -0.39 is 44.0 Å². The van der Waals surface area contributed by atoms with E-state index in [4.69, 9.17) is 27.0 Å². The van der Waals surface area contributed by atoms with Gasteiger partial charge in [0.1, 0.15) is 19.0 Å². The number of nitrogens with zero attached hydrogens (tertiary/aromatic N) is 5. The van der Waals surface area contributed by atoms with Gasteiger partial charge in [-0.3, -0.25) is 34.2 Å². The number of carboxylic acids is 1. The van der Waals surface area contributed by atoms with Gasteiger partial charge in [-0.1, -0.05) is 38.5 Å². The largest absolute Gasteiger partial charge is 0.778 e. The first-order valence-electron chi connectivity index (χ1n) is 16.1. The molecule has 17 nitrogen and oxygen atoms in total. The predicted molar refractivity (Wildman–Crippen MR) is 203 cm³/mol. The summed E-state index contributed by atoms with van der Waals surface area (Å²) in [6.07, 6.45) is 15.7. The molecule has 54 heavy (non-hydrogen) atoms. The molecule has 0 saturated heterocycles. The summed E-state index contributed by atoms with van der Waals surface area (Å²) >= 11 is 1.29. The van der Waals surface area contributed by atoms with E-state index in [-0.39, 0.29) is 47.2 Å². The van der Waals surface area contributed by atoms with Crippen molar-refractivity contribution in [3.63, 3.8) is 0 Å². The molecule has 2 aliphatic heterocycles. The van der Waals surface area contributed by atoms with Crippen molar-refractivity contribution in [1.29, 1.82) is 0 Å². The summed E-state index contributed by atoms with van der Waals surface area (Å²) in [5.74, 6) is 4.80. The lowest BCUT2D eigenvalue weighted by molar-refractivity contribution is -0.193. The third kappa shape index (κ3) is 12.7. The quantitative estimate of drug-likeness (QED) is 0.0759. The number of aliphatic carboxylic acids is 1. The molecule has 0 saturated carbocycles. The monoisotopic (exact) mass is 813 g/mol. The van der Waals surface area contributed by atoms with Crippen LogP contribution in [0.4, 0.5) is 15.8 Å². The maximum atomic E-state index is 14.7. The number of nitrogen functional groups attached to an aromatic ring is 1. The predicted octanol–water partition coefficient (Wildman–Crippen LogP) is 0.958. The van der Waals surface area contributed by atoms with E-state index in [0.717, 1.165) is 28.5 Å². The Kier molecular flexibility index (Phi) is 16.9. The minimum absolute atomic E-state index is 0.0170. The highest BCUT2D eigenvalue weighted by molar-refractivity contribution is 7.98. The minimum Gasteiger partial charge on any atom is -0.778 e. The average molecular weight is 814 g/mol. The lowest BCUT2D eigenvalue weighted by Gasteiger charge is -2.29. The van der Waals surface area contributed by atoms with Gasteiger partial charge >= 0.3 is 5.97 Å². The van der Waals surface area contributed by atoms with Gasteiger partial charge in [-0.2, -0.15) is 4.68 Å². The van der Waals surface area contributed by atoms with Gasteiger partial charge in [0, 0.05) is 22.6 Å². The number of benzene rings is 1. The molecule has 1 aromatic carbocycles. The fourth-order valence-electron chi connectivity index (χ4n) is 4.90. The average Bonchev–Trinajstić information content (AvgIpc) is 3.31. The summed E-state index contributed by atoms with van der Waals surface area (Å²) in [7, 11) is -3.71. The number of halogens is 1. The SMILES string of the molecule is C#CCN1C(=O)COc2cc(F)c(N3C(=O)C4=C(CCCC4)C3=O)cc21.CSc1nnc(C(C)(C)C)c(=O)n1N.C[S+](C)C.O=C(O)CNCP(=O)([O-])O. The fourth-order valence-corrected chi connectivity index (χ4v) is 5.70. The highest BCUT2D eigenvalue weighted by Gasteiger charge is 2.41. The first-order chi connectivity index (χ1) is 25.0. The number of nitrogens with one attached hydrogen (secondary N) is 1. The van der Waals surface area contributed by atoms with Gasteiger partial charge in [-0.05, 0) is 48.9 Å². The van der Waals surface area contributed by atoms with Gasteiger partial charge in [0.25, 0.3) is 23.3 Å². The number of terminal acetylenes is 1. The Balaban J connectivity index is 0.000000303. The van der Waals surface area contributed by atoms with Gasteiger partial charge < -0.3 is 30.0 Å². The van der Waals surface area contributed by atoms with Crippen LogP contribution in [0.25, 0.3) is 0 Å². The zero-order valence-electron chi connectivity index (χ0n) is 31.0. The molecule has 21 heteroatoms. The molecule has 1 aromatic heterocycles. The Hall–Kier alpha value is -4.25. The summed E-state index contributed by atoms with van der Waals surface area (Å²) in [5, 5.41) is 18.2. The molecule has 1 unspecified atom stereocenters. The van der Waals surface area contributed by atoms with Gasteiger partial charge in [0.15, 0.2) is 12.4 Å². The number of carbonyl (C=O) groups excluding carboxylic acids is 3. The van der Waals surface area contributed by atoms with Crippen LogP contribution in [0, 0.1) is 18.2 Å². The zero-order chi connectivity index (χ0) is 41.1. The molecular formula is C33H45FN7O10PS2. The Bertz CT molecular complexity index is 1890. The molecule has 0 fully saturated rings. The van der Waals surface area contributed by atoms with Crippen LogP contribution in [-0.2, 0) is 40.1 Å². The second kappa shape index (κ2) is 19.9. The van der Waals surface area contributed by atoms with Crippen molar-refractivity contribution in [3.8, 4) is 18.1 Å². The van der Waals surface area contributed by atoms with E-state index in [0.29, 0.717) is 45.7 Å². The number of fused-ring (bicyclic) bond motifs is 1. The molecule has 5 N–H and O–H groups in total. The van der Waals surface area contributed by atoms with Crippen molar-refractivity contribution >= 4 is 65.3 Å². The summed E-state index contributed by atoms with van der Waals surface area (Å²) in [6, 6.07) is 2.37. The highest BCUT2D eigenvalue weighted by atomic mass is 32.2. The van der Waals surface area contributed by atoms with Crippen LogP contribution in [0.3, 0.4) is 0 Å². The van der Waals surface area contributed by atoms with Crippen molar-refractivity contribution in [1.82, 2.24) is 20.2 Å². The normalized spacial score (nSPS) is 16.0. The fraction of sp³-hybridized carbons (Fsp3) is 0.485. The lowest BCUT2D eigenvalue weighted by atomic mass is 9.93. The molecule has 0 spiro atoms. The number of aromatic nitrogens is 3. The molecular weight excluding hydrogens is 769 g/mol. The van der Waals surface area contributed by atoms with E-state index in [1.807, 2.05) is 26.1 Å². The van der Waals surface area contributed by atoms with Crippen molar-refractivity contribution < 1.29 is 47.8 Å². The number of carbonyl (C=O) groups is 4. The zero-order valence-corrected chi connectivity index (χ0v) is 33.5. The van der Waals surface area contributed by atoms with Crippen molar-refractivity contribution in [3.05, 3.63) is 45.1 Å². The van der Waals surface area contributed by atoms with Crippen LogP contribution >= 0.6 is 19.4 Å². The Morgan fingerprint density at radius 3 is 2.15 bits per heavy atom. The van der Waals surface area contributed by atoms with Crippen LogP contribution < -0.4 is 36.1 Å². The first-order valence-corrected chi connectivity index (χ1v) is 21.5. The molecule has 3 heterocycles. The standard InChI is InChI=1S/C19H15FN2O4.C8H14N4OS.C3H8NO5P.C3H9S/c1-2-7-21-15-9-14(13(20)8-16(15)26-10-17(21)23)22-18(24)11-5-3-4-6-12(11)19(22)25;1-8(2,3)5-6(13)12(9)7(14-4)11-10-5;5-3(6)1-4-2-10(7,8)9;1-4(2)3/h1,8-9H,3-7,10H2;9H2,1-4H3;4H,1-2H2,(H,5,6)(H2,7,8,9);1-3H3/q;;;+1/p-1. The third-order valence-corrected chi connectivity index (χ3v) is 8.46. The topological polar surface area (TPSA) is 250 Å². The summed E-state index contributed by atoms with van der Waals surface area (Å²) in [4.78, 5) is 79.0. The Labute approximate surface area is 319 Å². The van der Waals surface area contributed by atoms with E-state index in [9.17, 15) is 37.8 Å². The summed E-state index contributed by atoms with van der Waals surface area (Å²) in [5.41, 5.74) is 0.767. The third-order valence-electron chi connectivity index (χ3n) is 7.20. The van der Waals surface area contributed by atoms with Crippen molar-refractivity contribution in [2.75, 3.05) is 66.6 Å². The number of rotatable bonds is 7. The van der Waals surface area contributed by atoms with Crippen LogP contribution in [0.5, 0.6) is 5.75 Å². The molecule has 0 radical (unpaired) electrons. The number of anilines is 2. The second-order valence-electron chi connectivity index (χ2n) is 13.2. The maximum Gasteiger partial charge on any atom is 0.317 e. The van der Waals surface area contributed by atoms with E-state index >= 15 is 0 Å². The Morgan fingerprint density at radius 2 is 1.69 bits per heavy atom. The number of hydrogen-bond acceptors (Lipinski definition) is 13. The van der Waals surface area contributed by atoms with Crippen molar-refractivity contribution in [2.45, 2.75) is 57.0 Å². The van der Waals surface area contributed by atoms with E-state index in [1.54, 1.807) is 6.26 Å². The number of nitrogens with two attached hydrogens (primary N) is 1. The number of hydrogen-bond donors (Lipinski definition) is 4. The molecule has 5 rings (SSSR count). The molecule has 1 aliphatic carbocycles. The number of thioether (sulfide) groups is 1. The molecule has 3 amide bonds. The second-order valence-corrected chi connectivity index (χ2v) is 18.0. The smallest absolute Gasteiger partial charge is 0.317 e. The Morgan fingerprint density at radius 1 is 1.13 bits per heavy atom. The minimum atomic E-state index is -4.35. The molecule has 3 aliphatic rings. The summed E-state index contributed by atoms with van der Waals surface area (Å²) in [6.45, 7) is 4.96. The molecule has 1 atom stereocenters. The number of amides is 3. The van der Waals surface area contributed by atoms with Crippen LogP contribution in [0.2, 0.25) is 0 Å². The molecule has 0 bridgehead atoms. The maximum absolute atomic E-state index is 14.7.